The summed E-state index contributed by atoms with van der Waals surface area (Å²) in [6.07, 6.45) is 1.93. The van der Waals surface area contributed by atoms with Gasteiger partial charge in [0, 0.05) is 46.2 Å². The molecule has 8 heteroatoms. The number of amides is 1. The first-order valence-electron chi connectivity index (χ1n) is 15.1. The lowest BCUT2D eigenvalue weighted by Gasteiger charge is -2.34. The van der Waals surface area contributed by atoms with Crippen LogP contribution in [0.25, 0.3) is 0 Å². The Morgan fingerprint density at radius 1 is 0.905 bits per heavy atom. The predicted molar refractivity (Wildman–Crippen MR) is 173 cm³/mol. The number of fused-ring (bicyclic) bond motifs is 6. The molecule has 3 aromatic rings. The second-order valence-corrected chi connectivity index (χ2v) is 15.5. The van der Waals surface area contributed by atoms with Crippen molar-refractivity contribution in [3.8, 4) is 0 Å². The molecule has 3 atom stereocenters. The van der Waals surface area contributed by atoms with Gasteiger partial charge in [-0.05, 0) is 74.9 Å². The summed E-state index contributed by atoms with van der Waals surface area (Å²) < 4.78 is 3.05. The van der Waals surface area contributed by atoms with Crippen molar-refractivity contribution in [1.82, 2.24) is 19.7 Å². The summed E-state index contributed by atoms with van der Waals surface area (Å²) in [6, 6.07) is 16.2. The van der Waals surface area contributed by atoms with Crippen molar-refractivity contribution in [1.29, 1.82) is 0 Å². The summed E-state index contributed by atoms with van der Waals surface area (Å²) in [5.74, 6) is 2.19. The summed E-state index contributed by atoms with van der Waals surface area (Å²) in [4.78, 5) is 31.2. The van der Waals surface area contributed by atoms with Gasteiger partial charge in [0.25, 0.3) is 5.91 Å². The van der Waals surface area contributed by atoms with Gasteiger partial charge in [-0.15, -0.1) is 0 Å². The Bertz CT molecular complexity index is 1460. The van der Waals surface area contributed by atoms with Gasteiger partial charge in [-0.25, -0.2) is 9.97 Å². The summed E-state index contributed by atoms with van der Waals surface area (Å²) >= 11 is 1.23. The Kier molecular flexibility index (Phi) is 8.07. The van der Waals surface area contributed by atoms with Crippen molar-refractivity contribution in [2.45, 2.75) is 103 Å². The Hall–Kier alpha value is -3.13. The highest BCUT2D eigenvalue weighted by Gasteiger charge is 2.43. The van der Waals surface area contributed by atoms with Gasteiger partial charge >= 0.3 is 0 Å². The van der Waals surface area contributed by atoms with E-state index in [4.69, 9.17) is 15.0 Å². The van der Waals surface area contributed by atoms with Crippen molar-refractivity contribution in [3.05, 3.63) is 71.2 Å². The van der Waals surface area contributed by atoms with Crippen molar-refractivity contribution in [2.75, 3.05) is 16.8 Å². The van der Waals surface area contributed by atoms with Crippen LogP contribution in [0.4, 0.5) is 11.6 Å². The highest BCUT2D eigenvalue weighted by molar-refractivity contribution is 7.97. The van der Waals surface area contributed by atoms with Crippen molar-refractivity contribution in [3.63, 3.8) is 0 Å². The van der Waals surface area contributed by atoms with Crippen LogP contribution in [0.1, 0.15) is 109 Å². The van der Waals surface area contributed by atoms with E-state index in [1.165, 1.54) is 11.9 Å². The third-order valence-corrected chi connectivity index (χ3v) is 9.38. The van der Waals surface area contributed by atoms with Gasteiger partial charge in [0.1, 0.15) is 16.7 Å². The summed E-state index contributed by atoms with van der Waals surface area (Å²) in [7, 11) is 0. The van der Waals surface area contributed by atoms with E-state index < -0.39 is 0 Å². The second-order valence-electron chi connectivity index (χ2n) is 14.7. The molecule has 0 saturated carbocycles. The standard InChI is InChI=1S/C34H46N6OS/c1-21-18-25(24-12-10-13-26(35-24)32(2,3)4)36-28-14-11-15-29(38-28)42-39-31(41)23-16-17-27(33(5,6)7)37-30(23)40-20-22(21)19-34(40,8)9/h10-17,21-22,25H,18-20H2,1-9H3,(H,36,38)(H,39,41)/t21-,22-,25?/m0/s1. The molecular weight excluding hydrogens is 540 g/mol. The number of hydrogen-bond acceptors (Lipinski definition) is 7. The average molecular weight is 587 g/mol. The fraction of sp³-hybridized carbons (Fsp3) is 0.529. The Balaban J connectivity index is 1.59. The molecule has 3 aromatic heterocycles. The molecule has 0 aliphatic carbocycles. The number of hydrogen-bond donors (Lipinski definition) is 2. The van der Waals surface area contributed by atoms with Crippen LogP contribution in [-0.4, -0.2) is 32.9 Å². The molecule has 5 rings (SSSR count). The Labute approximate surface area is 255 Å². The van der Waals surface area contributed by atoms with Gasteiger partial charge < -0.3 is 10.2 Å². The molecule has 0 radical (unpaired) electrons. The van der Waals surface area contributed by atoms with Gasteiger partial charge in [-0.3, -0.25) is 14.5 Å². The average Bonchev–Trinajstić information content (AvgIpc) is 3.24. The number of carbonyl (C=O) groups excluding carboxylic acids is 1. The van der Waals surface area contributed by atoms with Crippen LogP contribution in [0.3, 0.4) is 0 Å². The van der Waals surface area contributed by atoms with E-state index in [2.05, 4.69) is 95.5 Å². The minimum atomic E-state index is -0.161. The fourth-order valence-corrected chi connectivity index (χ4v) is 6.66. The van der Waals surface area contributed by atoms with Crippen LogP contribution in [0.15, 0.2) is 53.6 Å². The van der Waals surface area contributed by atoms with Gasteiger partial charge in [-0.2, -0.15) is 0 Å². The smallest absolute Gasteiger partial charge is 0.265 e. The maximum absolute atomic E-state index is 13.6. The first-order chi connectivity index (χ1) is 19.6. The summed E-state index contributed by atoms with van der Waals surface area (Å²) in [6.45, 7) is 20.9. The van der Waals surface area contributed by atoms with Crippen LogP contribution in [-0.2, 0) is 10.8 Å². The largest absolute Gasteiger partial charge is 0.362 e. The SMILES string of the molecule is C[C@H]1CC(c2cccc(C(C)(C)C)n2)Nc2cccc(n2)SNC(=O)c2ccc(C(C)(C)C)nc2N2C[C@@H]1CC2(C)C. The molecule has 224 valence electrons. The van der Waals surface area contributed by atoms with Crippen molar-refractivity contribution >= 4 is 29.5 Å². The van der Waals surface area contributed by atoms with E-state index in [-0.39, 0.29) is 28.3 Å². The first kappa shape index (κ1) is 30.3. The van der Waals surface area contributed by atoms with E-state index in [1.54, 1.807) is 0 Å². The maximum atomic E-state index is 13.6. The van der Waals surface area contributed by atoms with E-state index in [1.807, 2.05) is 30.3 Å². The van der Waals surface area contributed by atoms with E-state index in [0.29, 0.717) is 17.4 Å². The molecule has 2 N–H and O–H groups in total. The zero-order chi connectivity index (χ0) is 30.4. The Morgan fingerprint density at radius 3 is 2.31 bits per heavy atom. The van der Waals surface area contributed by atoms with E-state index in [9.17, 15) is 4.79 Å². The van der Waals surface area contributed by atoms with Gasteiger partial charge in [0.15, 0.2) is 0 Å². The quantitative estimate of drug-likeness (QED) is 0.283. The topological polar surface area (TPSA) is 83.0 Å². The number of carbonyl (C=O) groups is 1. The minimum absolute atomic E-state index is 0.00941. The molecule has 1 amide bonds. The molecule has 0 spiro atoms. The number of pyridine rings is 3. The lowest BCUT2D eigenvalue weighted by atomic mass is 9.83. The number of rotatable bonds is 1. The number of aromatic nitrogens is 3. The predicted octanol–water partition coefficient (Wildman–Crippen LogP) is 7.70. The molecule has 1 fully saturated rings. The third-order valence-electron chi connectivity index (χ3n) is 8.66. The highest BCUT2D eigenvalue weighted by Crippen LogP contribution is 2.43. The van der Waals surface area contributed by atoms with Crippen LogP contribution >= 0.6 is 11.9 Å². The monoisotopic (exact) mass is 586 g/mol. The number of nitrogens with zero attached hydrogens (tertiary/aromatic N) is 4. The zero-order valence-corrected chi connectivity index (χ0v) is 27.4. The maximum Gasteiger partial charge on any atom is 0.265 e. The third kappa shape index (κ3) is 6.43. The molecule has 5 heterocycles. The van der Waals surface area contributed by atoms with Crippen LogP contribution < -0.4 is 14.9 Å². The normalized spacial score (nSPS) is 22.8. The second kappa shape index (κ2) is 11.2. The number of anilines is 2. The Morgan fingerprint density at radius 2 is 1.60 bits per heavy atom. The molecule has 0 aromatic carbocycles. The lowest BCUT2D eigenvalue weighted by molar-refractivity contribution is 0.0984. The molecule has 7 nitrogen and oxygen atoms in total. The van der Waals surface area contributed by atoms with Crippen molar-refractivity contribution < 1.29 is 4.79 Å². The molecule has 2 aliphatic heterocycles. The zero-order valence-electron chi connectivity index (χ0n) is 26.6. The summed E-state index contributed by atoms with van der Waals surface area (Å²) in [5.41, 5.74) is 3.36. The molecule has 42 heavy (non-hydrogen) atoms. The van der Waals surface area contributed by atoms with Crippen LogP contribution in [0.5, 0.6) is 0 Å². The van der Waals surface area contributed by atoms with E-state index >= 15 is 0 Å². The van der Waals surface area contributed by atoms with E-state index in [0.717, 1.165) is 53.1 Å². The van der Waals surface area contributed by atoms with Gasteiger partial charge in [0.05, 0.1) is 17.3 Å². The van der Waals surface area contributed by atoms with Crippen LogP contribution in [0, 0.1) is 11.8 Å². The highest BCUT2D eigenvalue weighted by atomic mass is 32.2. The van der Waals surface area contributed by atoms with Gasteiger partial charge in [-0.1, -0.05) is 60.6 Å². The minimum Gasteiger partial charge on any atom is -0.362 e. The fourth-order valence-electron chi connectivity index (χ4n) is 6.07. The number of nitrogens with one attached hydrogen (secondary N) is 2. The van der Waals surface area contributed by atoms with Crippen molar-refractivity contribution in [2.24, 2.45) is 11.8 Å². The molecule has 1 unspecified atom stereocenters. The molecular formula is C34H46N6OS. The molecule has 2 aliphatic rings. The molecule has 4 bridgehead atoms. The first-order valence-corrected chi connectivity index (χ1v) is 15.9. The van der Waals surface area contributed by atoms with Gasteiger partial charge in [0.2, 0.25) is 0 Å². The van der Waals surface area contributed by atoms with Crippen LogP contribution in [0.2, 0.25) is 0 Å². The molecule has 1 saturated heterocycles. The summed E-state index contributed by atoms with van der Waals surface area (Å²) in [5, 5.41) is 4.44. The lowest BCUT2D eigenvalue weighted by Crippen LogP contribution is -2.40.